The van der Waals surface area contributed by atoms with Crippen molar-refractivity contribution < 1.29 is 13.9 Å². The molecule has 0 unspecified atom stereocenters. The first-order valence-corrected chi connectivity index (χ1v) is 12.7. The van der Waals surface area contributed by atoms with E-state index in [4.69, 9.17) is 4.98 Å². The van der Waals surface area contributed by atoms with E-state index in [1.54, 1.807) is 6.20 Å². The van der Waals surface area contributed by atoms with Crippen LogP contribution in [0.15, 0.2) is 36.7 Å². The minimum Gasteiger partial charge on any atom is -0.393 e. The number of hydrogen-bond donors (Lipinski definition) is 3. The Labute approximate surface area is 204 Å². The number of aliphatic hydroxyl groups is 1. The fourth-order valence-electron chi connectivity index (χ4n) is 5.17. The lowest BCUT2D eigenvalue weighted by Crippen LogP contribution is -2.42. The molecule has 9 heteroatoms. The van der Waals surface area contributed by atoms with Gasteiger partial charge in [0.2, 0.25) is 12.4 Å². The standard InChI is InChI=1S/C26H34F2N6O/c27-24(28)9-10-30-26-31-15-22-23(17-34(25(22)32-26)20-5-7-21(35)8-6-20)19-3-1-18(2-4-19)16-33-13-11-29-12-14-33/h1-4,15,17,20-21,24,29,35H,5-14,16H2,(H,30,31,32)/t20-,21-. The molecule has 1 saturated heterocycles. The van der Waals surface area contributed by atoms with E-state index in [2.05, 4.69) is 55.5 Å². The van der Waals surface area contributed by atoms with Crippen LogP contribution in [0, 0.1) is 0 Å². The van der Waals surface area contributed by atoms with Gasteiger partial charge in [-0.2, -0.15) is 4.98 Å². The predicted octanol–water partition coefficient (Wildman–Crippen LogP) is 4.05. The quantitative estimate of drug-likeness (QED) is 0.448. The van der Waals surface area contributed by atoms with Gasteiger partial charge in [0.25, 0.3) is 0 Å². The SMILES string of the molecule is O[C@H]1CC[C@H](n2cc(-c3ccc(CN4CCNCC4)cc3)c3cnc(NCCC(F)F)nc32)CC1. The van der Waals surface area contributed by atoms with Crippen LogP contribution < -0.4 is 10.6 Å². The van der Waals surface area contributed by atoms with Gasteiger partial charge in [0, 0.05) is 75.1 Å². The van der Waals surface area contributed by atoms with Crippen LogP contribution in [-0.4, -0.2) is 69.8 Å². The molecule has 2 aromatic heterocycles. The van der Waals surface area contributed by atoms with E-state index in [1.807, 2.05) is 0 Å². The number of aliphatic hydroxyl groups excluding tert-OH is 1. The van der Waals surface area contributed by atoms with Crippen LogP contribution in [0.1, 0.15) is 43.7 Å². The molecule has 3 aromatic rings. The van der Waals surface area contributed by atoms with Gasteiger partial charge in [0.05, 0.1) is 6.10 Å². The van der Waals surface area contributed by atoms with Crippen molar-refractivity contribution >= 4 is 17.0 Å². The Hall–Kier alpha value is -2.62. The van der Waals surface area contributed by atoms with E-state index in [0.29, 0.717) is 5.95 Å². The highest BCUT2D eigenvalue weighted by molar-refractivity contribution is 5.94. The predicted molar refractivity (Wildman–Crippen MR) is 134 cm³/mol. The van der Waals surface area contributed by atoms with Gasteiger partial charge in [-0.15, -0.1) is 0 Å². The molecule has 0 bridgehead atoms. The zero-order chi connectivity index (χ0) is 24.2. The van der Waals surface area contributed by atoms with Crippen LogP contribution in [0.4, 0.5) is 14.7 Å². The second kappa shape index (κ2) is 11.0. The number of rotatable bonds is 8. The van der Waals surface area contributed by atoms with Gasteiger partial charge in [-0.25, -0.2) is 13.8 Å². The molecule has 5 rings (SSSR count). The van der Waals surface area contributed by atoms with Gasteiger partial charge in [0.1, 0.15) is 5.65 Å². The molecule has 0 atom stereocenters. The van der Waals surface area contributed by atoms with Crippen molar-refractivity contribution in [1.29, 1.82) is 0 Å². The summed E-state index contributed by atoms with van der Waals surface area (Å²) in [5, 5.41) is 17.3. The maximum absolute atomic E-state index is 12.6. The Balaban J connectivity index is 1.42. The summed E-state index contributed by atoms with van der Waals surface area (Å²) in [6, 6.07) is 8.95. The summed E-state index contributed by atoms with van der Waals surface area (Å²) < 4.78 is 27.3. The van der Waals surface area contributed by atoms with Crippen molar-refractivity contribution in [2.45, 2.75) is 57.2 Å². The van der Waals surface area contributed by atoms with Crippen molar-refractivity contribution in [2.75, 3.05) is 38.0 Å². The lowest BCUT2D eigenvalue weighted by molar-refractivity contribution is 0.111. The first-order chi connectivity index (χ1) is 17.1. The normalized spacial score (nSPS) is 21.6. The maximum Gasteiger partial charge on any atom is 0.240 e. The van der Waals surface area contributed by atoms with Crippen molar-refractivity contribution in [2.24, 2.45) is 0 Å². The van der Waals surface area contributed by atoms with E-state index < -0.39 is 6.43 Å². The van der Waals surface area contributed by atoms with Crippen LogP contribution in [0.5, 0.6) is 0 Å². The molecule has 0 radical (unpaired) electrons. The Kier molecular flexibility index (Phi) is 7.55. The molecule has 7 nitrogen and oxygen atoms in total. The molecule has 35 heavy (non-hydrogen) atoms. The fourth-order valence-corrected chi connectivity index (χ4v) is 5.17. The number of nitrogens with zero attached hydrogens (tertiary/aromatic N) is 4. The van der Waals surface area contributed by atoms with Crippen LogP contribution in [-0.2, 0) is 6.54 Å². The van der Waals surface area contributed by atoms with Crippen molar-refractivity contribution in [3.05, 3.63) is 42.2 Å². The lowest BCUT2D eigenvalue weighted by atomic mass is 9.93. The fraction of sp³-hybridized carbons (Fsp3) is 0.538. The van der Waals surface area contributed by atoms with Crippen molar-refractivity contribution in [3.63, 3.8) is 0 Å². The summed E-state index contributed by atoms with van der Waals surface area (Å²) in [5.74, 6) is 0.367. The van der Waals surface area contributed by atoms with Crippen LogP contribution in [0.25, 0.3) is 22.2 Å². The highest BCUT2D eigenvalue weighted by Crippen LogP contribution is 2.36. The topological polar surface area (TPSA) is 78.2 Å². The average Bonchev–Trinajstić information content (AvgIpc) is 3.24. The van der Waals surface area contributed by atoms with Gasteiger partial charge in [0.15, 0.2) is 0 Å². The van der Waals surface area contributed by atoms with Gasteiger partial charge in [-0.3, -0.25) is 4.90 Å². The number of hydrogen-bond acceptors (Lipinski definition) is 6. The summed E-state index contributed by atoms with van der Waals surface area (Å²) in [6.07, 6.45) is 4.41. The van der Waals surface area contributed by atoms with Crippen LogP contribution >= 0.6 is 0 Å². The first-order valence-electron chi connectivity index (χ1n) is 12.7. The van der Waals surface area contributed by atoms with Crippen molar-refractivity contribution in [1.82, 2.24) is 24.8 Å². The number of nitrogens with one attached hydrogen (secondary N) is 2. The highest BCUT2D eigenvalue weighted by atomic mass is 19.3. The highest BCUT2D eigenvalue weighted by Gasteiger charge is 2.24. The van der Waals surface area contributed by atoms with Crippen LogP contribution in [0.2, 0.25) is 0 Å². The Morgan fingerprint density at radius 1 is 1.09 bits per heavy atom. The van der Waals surface area contributed by atoms with Crippen molar-refractivity contribution in [3.8, 4) is 11.1 Å². The first kappa shape index (κ1) is 24.1. The molecule has 0 amide bonds. The summed E-state index contributed by atoms with van der Waals surface area (Å²) in [6.45, 7) is 5.28. The summed E-state index contributed by atoms with van der Waals surface area (Å²) >= 11 is 0. The van der Waals surface area contributed by atoms with Gasteiger partial charge in [-0.05, 0) is 36.8 Å². The molecule has 3 heterocycles. The van der Waals surface area contributed by atoms with Crippen LogP contribution in [0.3, 0.4) is 0 Å². The lowest BCUT2D eigenvalue weighted by Gasteiger charge is -2.27. The number of halogens is 2. The molecule has 188 valence electrons. The molecule has 0 spiro atoms. The summed E-state index contributed by atoms with van der Waals surface area (Å²) in [4.78, 5) is 11.6. The smallest absolute Gasteiger partial charge is 0.240 e. The average molecular weight is 485 g/mol. The third-order valence-electron chi connectivity index (χ3n) is 7.16. The Bertz CT molecular complexity index is 1100. The molecule has 1 aliphatic carbocycles. The zero-order valence-electron chi connectivity index (χ0n) is 20.0. The van der Waals surface area contributed by atoms with E-state index in [1.165, 1.54) is 5.56 Å². The van der Waals surface area contributed by atoms with E-state index in [0.717, 1.165) is 80.6 Å². The second-order valence-corrected chi connectivity index (χ2v) is 9.67. The number of fused-ring (bicyclic) bond motifs is 1. The number of aromatic nitrogens is 3. The Morgan fingerprint density at radius 2 is 1.83 bits per heavy atom. The van der Waals surface area contributed by atoms with Gasteiger partial charge in [-0.1, -0.05) is 24.3 Å². The summed E-state index contributed by atoms with van der Waals surface area (Å²) in [7, 11) is 0. The zero-order valence-corrected chi connectivity index (χ0v) is 20.0. The summed E-state index contributed by atoms with van der Waals surface area (Å²) in [5.41, 5.74) is 4.28. The van der Waals surface area contributed by atoms with Gasteiger partial charge < -0.3 is 20.3 Å². The van der Waals surface area contributed by atoms with Gasteiger partial charge >= 0.3 is 0 Å². The van der Waals surface area contributed by atoms with E-state index in [-0.39, 0.29) is 25.1 Å². The van der Waals surface area contributed by atoms with E-state index >= 15 is 0 Å². The minimum atomic E-state index is -2.36. The monoisotopic (exact) mass is 484 g/mol. The molecule has 1 aromatic carbocycles. The molecule has 1 aliphatic heterocycles. The Morgan fingerprint density at radius 3 is 2.54 bits per heavy atom. The second-order valence-electron chi connectivity index (χ2n) is 9.67. The minimum absolute atomic E-state index is 0.126. The molecule has 3 N–H and O–H groups in total. The molecule has 1 saturated carbocycles. The maximum atomic E-state index is 12.6. The number of piperazine rings is 1. The van der Waals surface area contributed by atoms with E-state index in [9.17, 15) is 13.9 Å². The molecular formula is C26H34F2N6O. The number of alkyl halides is 2. The molecule has 2 aliphatic rings. The third-order valence-corrected chi connectivity index (χ3v) is 7.16. The number of benzene rings is 1. The third kappa shape index (κ3) is 5.79. The number of anilines is 1. The molecule has 2 fully saturated rings. The molecular weight excluding hydrogens is 450 g/mol. The largest absolute Gasteiger partial charge is 0.393 e.